The summed E-state index contributed by atoms with van der Waals surface area (Å²) in [5.74, 6) is 0. The van der Waals surface area contributed by atoms with Gasteiger partial charge in [0.25, 0.3) is 0 Å². The Balaban J connectivity index is -0.0000000400. The minimum Gasteiger partial charge on any atom is -0.103 e. The summed E-state index contributed by atoms with van der Waals surface area (Å²) in [4.78, 5) is 0. The quantitative estimate of drug-likeness (QED) is 0.358. The maximum atomic E-state index is 3.36. The molecule has 0 aromatic rings. The molecule has 0 nitrogen and oxygen atoms in total. The third-order valence-corrected chi connectivity index (χ3v) is 0. The number of hydrogen-bond donors (Lipinski definition) is 0. The molecule has 0 fully saturated rings. The molecule has 0 saturated heterocycles. The van der Waals surface area contributed by atoms with Gasteiger partial charge in [-0.3, -0.25) is 0 Å². The van der Waals surface area contributed by atoms with Crippen LogP contribution in [0.25, 0.3) is 0 Å². The molecule has 0 atom stereocenters. The minimum atomic E-state index is 0. The Hall–Kier alpha value is -0.000519. The molecule has 0 heterocycles. The van der Waals surface area contributed by atoms with Crippen molar-refractivity contribution in [3.8, 4) is 0 Å². The standard InChI is InChI=1S/2C3H6.Fe/c2*1-3-2;/h2*3H,1H2,2H3;. The molecule has 0 aliphatic carbocycles. The van der Waals surface area contributed by atoms with Gasteiger partial charge >= 0.3 is 0 Å². The molecule has 0 aliphatic heterocycles. The molecule has 1 heteroatoms. The van der Waals surface area contributed by atoms with E-state index in [2.05, 4.69) is 13.2 Å². The van der Waals surface area contributed by atoms with E-state index in [1.54, 1.807) is 12.2 Å². The van der Waals surface area contributed by atoms with Gasteiger partial charge in [-0.25, -0.2) is 0 Å². The molecule has 0 bridgehead atoms. The van der Waals surface area contributed by atoms with E-state index in [4.69, 9.17) is 0 Å². The Bertz CT molecular complexity index is 25.2. The van der Waals surface area contributed by atoms with Crippen LogP contribution in [-0.4, -0.2) is 0 Å². The first-order valence-electron chi connectivity index (χ1n) is 1.97. The smallest absolute Gasteiger partial charge is 0 e. The second-order valence-electron chi connectivity index (χ2n) is 0.816. The van der Waals surface area contributed by atoms with Gasteiger partial charge in [0, 0.05) is 17.1 Å². The first-order valence-corrected chi connectivity index (χ1v) is 1.97. The molecule has 0 unspecified atom stereocenters. The van der Waals surface area contributed by atoms with Crippen LogP contribution in [0.1, 0.15) is 13.8 Å². The summed E-state index contributed by atoms with van der Waals surface area (Å²) in [6.45, 7) is 10.5. The third-order valence-electron chi connectivity index (χ3n) is 0. The first-order chi connectivity index (χ1) is 2.83. The first kappa shape index (κ1) is 15.8. The van der Waals surface area contributed by atoms with Crippen molar-refractivity contribution in [2.45, 2.75) is 13.8 Å². The van der Waals surface area contributed by atoms with E-state index in [9.17, 15) is 0 Å². The van der Waals surface area contributed by atoms with Crippen molar-refractivity contribution in [3.63, 3.8) is 0 Å². The maximum absolute atomic E-state index is 3.36. The molecule has 0 saturated carbocycles. The van der Waals surface area contributed by atoms with Crippen molar-refractivity contribution in [1.29, 1.82) is 0 Å². The summed E-state index contributed by atoms with van der Waals surface area (Å²) in [5, 5.41) is 0. The fraction of sp³-hybridized carbons (Fsp3) is 0.333. The van der Waals surface area contributed by atoms with Crippen molar-refractivity contribution in [2.75, 3.05) is 0 Å². The van der Waals surface area contributed by atoms with E-state index in [0.29, 0.717) is 0 Å². The van der Waals surface area contributed by atoms with Gasteiger partial charge in [0.1, 0.15) is 0 Å². The number of rotatable bonds is 0. The predicted molar refractivity (Wildman–Crippen MR) is 31.7 cm³/mol. The zero-order valence-corrected chi connectivity index (χ0v) is 6.03. The van der Waals surface area contributed by atoms with E-state index >= 15 is 0 Å². The Morgan fingerprint density at radius 2 is 1.00 bits per heavy atom. The maximum Gasteiger partial charge on any atom is 0 e. The van der Waals surface area contributed by atoms with Crippen molar-refractivity contribution in [3.05, 3.63) is 25.3 Å². The summed E-state index contributed by atoms with van der Waals surface area (Å²) in [5.41, 5.74) is 0. The molecule has 7 heavy (non-hydrogen) atoms. The van der Waals surface area contributed by atoms with Crippen LogP contribution in [0.5, 0.6) is 0 Å². The van der Waals surface area contributed by atoms with Crippen molar-refractivity contribution >= 4 is 0 Å². The van der Waals surface area contributed by atoms with Gasteiger partial charge in [0.2, 0.25) is 0 Å². The SMILES string of the molecule is C=CC.C=CC.[Fe]. The molecule has 0 aromatic carbocycles. The summed E-state index contributed by atoms with van der Waals surface area (Å²) in [7, 11) is 0. The molecule has 0 N–H and O–H groups in total. The van der Waals surface area contributed by atoms with Gasteiger partial charge in [-0.15, -0.1) is 13.2 Å². The predicted octanol–water partition coefficient (Wildman–Crippen LogP) is 2.38. The summed E-state index contributed by atoms with van der Waals surface area (Å²) < 4.78 is 0. The molecule has 0 amide bonds. The van der Waals surface area contributed by atoms with Gasteiger partial charge in [-0.05, 0) is 13.8 Å². The van der Waals surface area contributed by atoms with Crippen LogP contribution in [0.4, 0.5) is 0 Å². The number of allylic oxidation sites excluding steroid dienone is 2. The average molecular weight is 140 g/mol. The summed E-state index contributed by atoms with van der Waals surface area (Å²) in [6.07, 6.45) is 3.50. The molecule has 0 rings (SSSR count). The summed E-state index contributed by atoms with van der Waals surface area (Å²) in [6, 6.07) is 0. The number of hydrogen-bond acceptors (Lipinski definition) is 0. The van der Waals surface area contributed by atoms with Crippen molar-refractivity contribution < 1.29 is 17.1 Å². The summed E-state index contributed by atoms with van der Waals surface area (Å²) >= 11 is 0. The Labute approximate surface area is 56.8 Å². The van der Waals surface area contributed by atoms with Gasteiger partial charge in [-0.2, -0.15) is 0 Å². The van der Waals surface area contributed by atoms with Crippen LogP contribution in [0.3, 0.4) is 0 Å². The molecule has 0 aliphatic rings. The normalized spacial score (nSPS) is 3.71. The molecule has 0 aromatic heterocycles. The minimum absolute atomic E-state index is 0. The fourth-order valence-electron chi connectivity index (χ4n) is 0. The molecule has 0 radical (unpaired) electrons. The van der Waals surface area contributed by atoms with E-state index in [1.807, 2.05) is 13.8 Å². The van der Waals surface area contributed by atoms with Crippen LogP contribution in [-0.2, 0) is 17.1 Å². The monoisotopic (exact) mass is 140 g/mol. The molecule has 0 spiro atoms. The molecular formula is C6H12Fe. The van der Waals surface area contributed by atoms with E-state index < -0.39 is 0 Å². The van der Waals surface area contributed by atoms with E-state index in [-0.39, 0.29) is 17.1 Å². The zero-order chi connectivity index (χ0) is 5.41. The van der Waals surface area contributed by atoms with Crippen molar-refractivity contribution in [2.24, 2.45) is 0 Å². The second kappa shape index (κ2) is 37.5. The fourth-order valence-corrected chi connectivity index (χ4v) is 0. The van der Waals surface area contributed by atoms with Crippen LogP contribution in [0.15, 0.2) is 25.3 Å². The topological polar surface area (TPSA) is 0 Å². The third kappa shape index (κ3) is 356000000. The zero-order valence-electron chi connectivity index (χ0n) is 4.92. The van der Waals surface area contributed by atoms with Gasteiger partial charge in [0.05, 0.1) is 0 Å². The van der Waals surface area contributed by atoms with Crippen LogP contribution in [0, 0.1) is 0 Å². The Morgan fingerprint density at radius 3 is 1.00 bits per heavy atom. The van der Waals surface area contributed by atoms with Gasteiger partial charge in [-0.1, -0.05) is 12.2 Å². The molecule has 44 valence electrons. The molecular weight excluding hydrogens is 128 g/mol. The largest absolute Gasteiger partial charge is 0.103 e. The Morgan fingerprint density at radius 1 is 1.00 bits per heavy atom. The van der Waals surface area contributed by atoms with Crippen LogP contribution < -0.4 is 0 Å². The average Bonchev–Trinajstić information content (AvgIpc) is 1.39. The van der Waals surface area contributed by atoms with Crippen molar-refractivity contribution in [1.82, 2.24) is 0 Å². The van der Waals surface area contributed by atoms with E-state index in [1.165, 1.54) is 0 Å². The van der Waals surface area contributed by atoms with Crippen LogP contribution >= 0.6 is 0 Å². The van der Waals surface area contributed by atoms with Gasteiger partial charge < -0.3 is 0 Å². The van der Waals surface area contributed by atoms with Crippen LogP contribution in [0.2, 0.25) is 0 Å². The second-order valence-corrected chi connectivity index (χ2v) is 0.816. The van der Waals surface area contributed by atoms with E-state index in [0.717, 1.165) is 0 Å². The Kier molecular flexibility index (Phi) is 84.4. The van der Waals surface area contributed by atoms with Gasteiger partial charge in [0.15, 0.2) is 0 Å².